The molecule has 2 N–H and O–H groups in total. The zero-order chi connectivity index (χ0) is 30.0. The van der Waals surface area contributed by atoms with E-state index in [1.165, 1.54) is 9.80 Å². The number of amides is 4. The van der Waals surface area contributed by atoms with Gasteiger partial charge in [-0.2, -0.15) is 0 Å². The van der Waals surface area contributed by atoms with E-state index in [2.05, 4.69) is 31.2 Å². The van der Waals surface area contributed by atoms with Crippen molar-refractivity contribution in [3.05, 3.63) is 105 Å². The molecule has 3 atom stereocenters. The number of halogens is 2. The summed E-state index contributed by atoms with van der Waals surface area (Å²) < 4.78 is 6.39. The maximum atomic E-state index is 13.9. The van der Waals surface area contributed by atoms with Gasteiger partial charge in [-0.1, -0.05) is 83.0 Å². The number of carbonyl (C=O) groups is 3. The lowest BCUT2D eigenvalue weighted by Crippen LogP contribution is -2.38. The molecule has 4 aromatic rings. The molecule has 11 heteroatoms. The molecule has 216 valence electrons. The number of ether oxygens (including phenoxy) is 1. The Labute approximate surface area is 257 Å². The molecule has 5 rings (SSSR count). The van der Waals surface area contributed by atoms with E-state index in [4.69, 9.17) is 16.3 Å². The fourth-order valence-corrected chi connectivity index (χ4v) is 5.64. The van der Waals surface area contributed by atoms with Crippen LogP contribution in [0, 0.1) is 0 Å². The quantitative estimate of drug-likeness (QED) is 0.213. The van der Waals surface area contributed by atoms with E-state index in [9.17, 15) is 14.4 Å². The number of hydrogen-bond acceptors (Lipinski definition) is 5. The summed E-state index contributed by atoms with van der Waals surface area (Å²) in [5.41, 5.74) is 2.95. The summed E-state index contributed by atoms with van der Waals surface area (Å²) in [6, 6.07) is 19.8. The van der Waals surface area contributed by atoms with Crippen LogP contribution in [0.2, 0.25) is 5.02 Å². The highest BCUT2D eigenvalue weighted by molar-refractivity contribution is 9.10. The molecule has 4 amide bonds. The normalized spacial score (nSPS) is 16.2. The molecule has 1 saturated heterocycles. The van der Waals surface area contributed by atoms with Crippen molar-refractivity contribution in [2.24, 2.45) is 0 Å². The van der Waals surface area contributed by atoms with Gasteiger partial charge in [-0.25, -0.2) is 9.78 Å². The van der Waals surface area contributed by atoms with Crippen LogP contribution in [0.3, 0.4) is 0 Å². The highest BCUT2D eigenvalue weighted by atomic mass is 79.9. The number of aromatic amines is 1. The second-order valence-electron chi connectivity index (χ2n) is 10.2. The molecule has 0 saturated carbocycles. The van der Waals surface area contributed by atoms with Crippen molar-refractivity contribution in [2.45, 2.75) is 24.9 Å². The van der Waals surface area contributed by atoms with Crippen molar-refractivity contribution in [3.8, 4) is 17.0 Å². The number of benzene rings is 3. The van der Waals surface area contributed by atoms with Crippen LogP contribution in [0.5, 0.6) is 5.75 Å². The molecule has 0 radical (unpaired) electrons. The molecule has 1 aliphatic rings. The van der Waals surface area contributed by atoms with Gasteiger partial charge in [0.25, 0.3) is 11.8 Å². The molecule has 1 aromatic heterocycles. The monoisotopic (exact) mass is 649 g/mol. The van der Waals surface area contributed by atoms with Gasteiger partial charge in [0.1, 0.15) is 23.7 Å². The molecule has 0 unspecified atom stereocenters. The number of rotatable bonds is 9. The molecule has 3 aromatic carbocycles. The van der Waals surface area contributed by atoms with Gasteiger partial charge in [-0.15, -0.1) is 0 Å². The highest BCUT2D eigenvalue weighted by Gasteiger charge is 2.46. The molecule has 0 spiro atoms. The minimum absolute atomic E-state index is 0.102. The average molecular weight is 651 g/mol. The van der Waals surface area contributed by atoms with Crippen molar-refractivity contribution < 1.29 is 19.1 Å². The zero-order valence-corrected chi connectivity index (χ0v) is 25.5. The van der Waals surface area contributed by atoms with Gasteiger partial charge < -0.3 is 19.9 Å². The van der Waals surface area contributed by atoms with Crippen LogP contribution in [-0.4, -0.2) is 58.3 Å². The topological polar surface area (TPSA) is 108 Å². The lowest BCUT2D eigenvalue weighted by Gasteiger charge is -2.29. The fourth-order valence-electron chi connectivity index (χ4n) is 4.87. The smallest absolute Gasteiger partial charge is 0.325 e. The second-order valence-corrected chi connectivity index (χ2v) is 11.5. The molecule has 0 bridgehead atoms. The Kier molecular flexibility index (Phi) is 8.65. The van der Waals surface area contributed by atoms with Crippen LogP contribution in [0.25, 0.3) is 11.3 Å². The van der Waals surface area contributed by atoms with Crippen LogP contribution in [0.1, 0.15) is 41.9 Å². The molecular formula is C31H29BrClN5O4. The number of hydrogen-bond donors (Lipinski definition) is 2. The fraction of sp³-hybridized carbons (Fsp3) is 0.226. The predicted octanol–water partition coefficient (Wildman–Crippen LogP) is 6.10. The molecular weight excluding hydrogens is 622 g/mol. The molecule has 0 aliphatic carbocycles. The first-order valence-electron chi connectivity index (χ1n) is 13.3. The number of imidazole rings is 1. The van der Waals surface area contributed by atoms with Gasteiger partial charge in [-0.05, 0) is 35.4 Å². The van der Waals surface area contributed by atoms with E-state index in [-0.39, 0.29) is 18.4 Å². The number of imide groups is 1. The van der Waals surface area contributed by atoms with E-state index in [0.29, 0.717) is 27.9 Å². The van der Waals surface area contributed by atoms with E-state index in [1.54, 1.807) is 50.6 Å². The van der Waals surface area contributed by atoms with Crippen LogP contribution in [0.4, 0.5) is 4.79 Å². The van der Waals surface area contributed by atoms with Crippen LogP contribution in [-0.2, 0) is 9.59 Å². The maximum absolute atomic E-state index is 13.9. The predicted molar refractivity (Wildman–Crippen MR) is 163 cm³/mol. The minimum atomic E-state index is -0.893. The first kappa shape index (κ1) is 29.3. The Bertz CT molecular complexity index is 1610. The number of likely N-dealkylation sites (N-methyl/N-ethyl adjacent to an activating group) is 1. The van der Waals surface area contributed by atoms with Crippen LogP contribution in [0.15, 0.2) is 83.5 Å². The first-order chi connectivity index (χ1) is 20.1. The summed E-state index contributed by atoms with van der Waals surface area (Å²) >= 11 is 9.92. The Morgan fingerprint density at radius 1 is 1.10 bits per heavy atom. The number of aromatic nitrogens is 2. The number of urea groups is 1. The number of nitrogens with zero attached hydrogens (tertiary/aromatic N) is 3. The van der Waals surface area contributed by atoms with Gasteiger partial charge in [0.05, 0.1) is 16.9 Å². The van der Waals surface area contributed by atoms with Crippen molar-refractivity contribution in [1.29, 1.82) is 0 Å². The molecule has 1 aliphatic heterocycles. The summed E-state index contributed by atoms with van der Waals surface area (Å²) in [5, 5.41) is 3.36. The van der Waals surface area contributed by atoms with Gasteiger partial charge in [0.15, 0.2) is 6.61 Å². The van der Waals surface area contributed by atoms with Crippen molar-refractivity contribution >= 4 is 45.4 Å². The van der Waals surface area contributed by atoms with Gasteiger partial charge in [0, 0.05) is 30.0 Å². The highest BCUT2D eigenvalue weighted by Crippen LogP contribution is 2.40. The first-order valence-corrected chi connectivity index (χ1v) is 14.4. The number of nitrogens with one attached hydrogen (secondary N) is 2. The average Bonchev–Trinajstić information content (AvgIpc) is 3.57. The third-order valence-corrected chi connectivity index (χ3v) is 8.03. The molecule has 2 heterocycles. The lowest BCUT2D eigenvalue weighted by molar-refractivity contribution is -0.131. The largest absolute Gasteiger partial charge is 0.484 e. The lowest BCUT2D eigenvalue weighted by atomic mass is 9.91. The third kappa shape index (κ3) is 6.05. The Morgan fingerprint density at radius 3 is 2.48 bits per heavy atom. The van der Waals surface area contributed by atoms with Crippen molar-refractivity contribution in [3.63, 3.8) is 0 Å². The SMILES string of the molecule is C[C@H](c1ccccc1)[C@@H](c1ncc(-c2ccc(Br)cc2Cl)[nH]1)N1C(=O)N[C@H](c2ccc(OCC(=O)N(C)C)cc2)C1=O. The van der Waals surface area contributed by atoms with Crippen LogP contribution < -0.4 is 10.1 Å². The molecule has 42 heavy (non-hydrogen) atoms. The third-order valence-electron chi connectivity index (χ3n) is 7.22. The summed E-state index contributed by atoms with van der Waals surface area (Å²) in [7, 11) is 3.31. The van der Waals surface area contributed by atoms with Gasteiger partial charge >= 0.3 is 6.03 Å². The molecule has 1 fully saturated rings. The summed E-state index contributed by atoms with van der Waals surface area (Å²) in [6.45, 7) is 1.86. The standard InChI is InChI=1S/C31H29BrClN5O4/c1-18(19-7-5-4-6-8-19)28(29-34-16-25(35-29)23-14-11-21(32)15-24(23)33)38-30(40)27(36-31(38)41)20-9-12-22(13-10-20)42-17-26(39)37(2)3/h4-16,18,27-28H,17H2,1-3H3,(H,34,35)(H,36,41)/t18-,27-,28+/m1/s1. The number of H-pyrrole nitrogens is 1. The van der Waals surface area contributed by atoms with E-state index < -0.39 is 24.0 Å². The number of carbonyl (C=O) groups excluding carboxylic acids is 3. The minimum Gasteiger partial charge on any atom is -0.484 e. The molecule has 9 nitrogen and oxygen atoms in total. The van der Waals surface area contributed by atoms with E-state index >= 15 is 0 Å². The Hall–Kier alpha value is -4.15. The van der Waals surface area contributed by atoms with E-state index in [1.807, 2.05) is 49.4 Å². The Morgan fingerprint density at radius 2 is 1.81 bits per heavy atom. The Balaban J connectivity index is 1.45. The van der Waals surface area contributed by atoms with Crippen LogP contribution >= 0.6 is 27.5 Å². The van der Waals surface area contributed by atoms with E-state index in [0.717, 1.165) is 15.6 Å². The maximum Gasteiger partial charge on any atom is 0.325 e. The summed E-state index contributed by atoms with van der Waals surface area (Å²) in [6.07, 6.45) is 1.66. The van der Waals surface area contributed by atoms with Crippen molar-refractivity contribution in [2.75, 3.05) is 20.7 Å². The van der Waals surface area contributed by atoms with Gasteiger partial charge in [-0.3, -0.25) is 14.5 Å². The summed E-state index contributed by atoms with van der Waals surface area (Å²) in [4.78, 5) is 49.8. The second kappa shape index (κ2) is 12.4. The zero-order valence-electron chi connectivity index (χ0n) is 23.2. The van der Waals surface area contributed by atoms with Crippen molar-refractivity contribution in [1.82, 2.24) is 25.1 Å². The van der Waals surface area contributed by atoms with Gasteiger partial charge in [0.2, 0.25) is 0 Å². The summed E-state index contributed by atoms with van der Waals surface area (Å²) in [5.74, 6) is 0.0783.